The summed E-state index contributed by atoms with van der Waals surface area (Å²) >= 11 is 0. The van der Waals surface area contributed by atoms with E-state index in [-0.39, 0.29) is 5.78 Å². The lowest BCUT2D eigenvalue weighted by atomic mass is 10.00. The van der Waals surface area contributed by atoms with E-state index in [4.69, 9.17) is 0 Å². The average molecular weight is 176 g/mol. The number of hydrogen-bond acceptors (Lipinski definition) is 1. The Labute approximate surface area is 79.8 Å². The van der Waals surface area contributed by atoms with Crippen LogP contribution in [0.2, 0.25) is 0 Å². The van der Waals surface area contributed by atoms with Crippen LogP contribution in [0.25, 0.3) is 0 Å². The summed E-state index contributed by atoms with van der Waals surface area (Å²) in [5.41, 5.74) is 2.11. The molecule has 1 rings (SSSR count). The molecule has 0 aliphatic carbocycles. The lowest BCUT2D eigenvalue weighted by Crippen LogP contribution is -1.96. The molecule has 0 aliphatic rings. The summed E-state index contributed by atoms with van der Waals surface area (Å²) < 4.78 is 0. The molecule has 1 heteroatoms. The Bertz CT molecular complexity index is 282. The number of ketones is 1. The number of hydrogen-bond donors (Lipinski definition) is 0. The zero-order chi connectivity index (χ0) is 9.84. The first kappa shape index (κ1) is 9.97. The lowest BCUT2D eigenvalue weighted by molar-refractivity contribution is 0.0988. The second kappa shape index (κ2) is 4.22. The van der Waals surface area contributed by atoms with Gasteiger partial charge in [0, 0.05) is 12.0 Å². The van der Waals surface area contributed by atoms with E-state index < -0.39 is 0 Å². The summed E-state index contributed by atoms with van der Waals surface area (Å²) in [4.78, 5) is 11.3. The van der Waals surface area contributed by atoms with Gasteiger partial charge in [-0.3, -0.25) is 4.79 Å². The Morgan fingerprint density at radius 1 is 1.23 bits per heavy atom. The van der Waals surface area contributed by atoms with Gasteiger partial charge in [0.2, 0.25) is 0 Å². The van der Waals surface area contributed by atoms with Crippen LogP contribution in [-0.2, 0) is 0 Å². The first-order chi connectivity index (χ1) is 6.15. The molecule has 0 heterocycles. The molecule has 0 saturated carbocycles. The highest BCUT2D eigenvalue weighted by Gasteiger charge is 2.03. The van der Waals surface area contributed by atoms with Crippen LogP contribution >= 0.6 is 0 Å². The molecule has 0 amide bonds. The zero-order valence-corrected chi connectivity index (χ0v) is 8.50. The standard InChI is InChI=1S/C12H16O/c1-4-12(13)11-7-5-10(6-8-11)9(2)3/h5-9H,4H2,1-3H3. The van der Waals surface area contributed by atoms with E-state index in [9.17, 15) is 4.79 Å². The van der Waals surface area contributed by atoms with Crippen LogP contribution in [0.4, 0.5) is 0 Å². The first-order valence-corrected chi connectivity index (χ1v) is 4.78. The third-order valence-corrected chi connectivity index (χ3v) is 2.22. The molecule has 1 nitrogen and oxygen atoms in total. The minimum absolute atomic E-state index is 0.218. The van der Waals surface area contributed by atoms with Gasteiger partial charge in [-0.1, -0.05) is 45.0 Å². The molecule has 0 N–H and O–H groups in total. The van der Waals surface area contributed by atoms with E-state index >= 15 is 0 Å². The summed E-state index contributed by atoms with van der Waals surface area (Å²) in [6, 6.07) is 7.91. The van der Waals surface area contributed by atoms with Crippen LogP contribution in [0.5, 0.6) is 0 Å². The molecule has 0 atom stereocenters. The quantitative estimate of drug-likeness (QED) is 0.645. The van der Waals surface area contributed by atoms with Gasteiger partial charge in [0.25, 0.3) is 0 Å². The largest absolute Gasteiger partial charge is 0.294 e. The average Bonchev–Trinajstić information content (AvgIpc) is 2.17. The Balaban J connectivity index is 2.87. The van der Waals surface area contributed by atoms with Crippen LogP contribution in [-0.4, -0.2) is 5.78 Å². The molecule has 1 aromatic carbocycles. The van der Waals surface area contributed by atoms with Gasteiger partial charge in [-0.2, -0.15) is 0 Å². The van der Waals surface area contributed by atoms with E-state index in [1.165, 1.54) is 5.56 Å². The van der Waals surface area contributed by atoms with Crippen molar-refractivity contribution in [2.45, 2.75) is 33.1 Å². The van der Waals surface area contributed by atoms with Crippen molar-refractivity contribution >= 4 is 5.78 Å². The van der Waals surface area contributed by atoms with Gasteiger partial charge in [0.15, 0.2) is 5.78 Å². The molecule has 0 aromatic heterocycles. The zero-order valence-electron chi connectivity index (χ0n) is 8.50. The third-order valence-electron chi connectivity index (χ3n) is 2.22. The van der Waals surface area contributed by atoms with Crippen LogP contribution < -0.4 is 0 Å². The topological polar surface area (TPSA) is 17.1 Å². The van der Waals surface area contributed by atoms with Crippen molar-refractivity contribution in [2.75, 3.05) is 0 Å². The molecule has 0 saturated heterocycles. The predicted molar refractivity (Wildman–Crippen MR) is 55.2 cm³/mol. The monoisotopic (exact) mass is 176 g/mol. The molecule has 0 radical (unpaired) electrons. The van der Waals surface area contributed by atoms with Crippen molar-refractivity contribution in [1.82, 2.24) is 0 Å². The SMILES string of the molecule is CCC(=O)c1ccc(C(C)C)cc1. The normalized spacial score (nSPS) is 10.5. The molecular weight excluding hydrogens is 160 g/mol. The maximum atomic E-state index is 11.3. The highest BCUT2D eigenvalue weighted by Crippen LogP contribution is 2.15. The Morgan fingerprint density at radius 3 is 2.15 bits per heavy atom. The third kappa shape index (κ3) is 2.41. The van der Waals surface area contributed by atoms with E-state index in [1.807, 2.05) is 31.2 Å². The fraction of sp³-hybridized carbons (Fsp3) is 0.417. The van der Waals surface area contributed by atoms with Gasteiger partial charge >= 0.3 is 0 Å². The van der Waals surface area contributed by atoms with Crippen LogP contribution in [0.1, 0.15) is 49.0 Å². The summed E-state index contributed by atoms with van der Waals surface area (Å²) in [6.45, 7) is 6.19. The van der Waals surface area contributed by atoms with Gasteiger partial charge in [0.1, 0.15) is 0 Å². The van der Waals surface area contributed by atoms with Gasteiger partial charge in [-0.05, 0) is 11.5 Å². The Morgan fingerprint density at radius 2 is 1.77 bits per heavy atom. The number of Topliss-reactive ketones (excluding diaryl/α,β-unsaturated/α-hetero) is 1. The number of carbonyl (C=O) groups excluding carboxylic acids is 1. The summed E-state index contributed by atoms with van der Waals surface area (Å²) in [5, 5.41) is 0. The molecule has 0 bridgehead atoms. The molecule has 1 aromatic rings. The van der Waals surface area contributed by atoms with Gasteiger partial charge < -0.3 is 0 Å². The van der Waals surface area contributed by atoms with Gasteiger partial charge in [0.05, 0.1) is 0 Å². The van der Waals surface area contributed by atoms with Crippen molar-refractivity contribution < 1.29 is 4.79 Å². The molecule has 13 heavy (non-hydrogen) atoms. The summed E-state index contributed by atoms with van der Waals surface area (Å²) in [6.07, 6.45) is 0.584. The second-order valence-electron chi connectivity index (χ2n) is 3.55. The number of benzene rings is 1. The van der Waals surface area contributed by atoms with Gasteiger partial charge in [-0.15, -0.1) is 0 Å². The van der Waals surface area contributed by atoms with Crippen molar-refractivity contribution in [2.24, 2.45) is 0 Å². The van der Waals surface area contributed by atoms with Crippen molar-refractivity contribution in [3.05, 3.63) is 35.4 Å². The minimum atomic E-state index is 0.218. The Kier molecular flexibility index (Phi) is 3.24. The summed E-state index contributed by atoms with van der Waals surface area (Å²) in [7, 11) is 0. The van der Waals surface area contributed by atoms with Crippen LogP contribution in [0, 0.1) is 0 Å². The fourth-order valence-corrected chi connectivity index (χ4v) is 1.26. The van der Waals surface area contributed by atoms with Crippen molar-refractivity contribution in [3.8, 4) is 0 Å². The lowest BCUT2D eigenvalue weighted by Gasteiger charge is -2.05. The molecule has 0 aliphatic heterocycles. The molecule has 0 spiro atoms. The van der Waals surface area contributed by atoms with E-state index in [1.54, 1.807) is 0 Å². The van der Waals surface area contributed by atoms with Crippen LogP contribution in [0.15, 0.2) is 24.3 Å². The van der Waals surface area contributed by atoms with E-state index in [2.05, 4.69) is 13.8 Å². The van der Waals surface area contributed by atoms with Crippen LogP contribution in [0.3, 0.4) is 0 Å². The van der Waals surface area contributed by atoms with E-state index in [0.29, 0.717) is 12.3 Å². The maximum absolute atomic E-state index is 11.3. The van der Waals surface area contributed by atoms with Crippen molar-refractivity contribution in [1.29, 1.82) is 0 Å². The summed E-state index contributed by atoms with van der Waals surface area (Å²) in [5.74, 6) is 0.751. The molecule has 0 unspecified atom stereocenters. The van der Waals surface area contributed by atoms with E-state index in [0.717, 1.165) is 5.56 Å². The molecule has 0 fully saturated rings. The predicted octanol–water partition coefficient (Wildman–Crippen LogP) is 3.40. The molecule has 70 valence electrons. The molecular formula is C12H16O. The van der Waals surface area contributed by atoms with Crippen molar-refractivity contribution in [3.63, 3.8) is 0 Å². The fourth-order valence-electron chi connectivity index (χ4n) is 1.26. The second-order valence-corrected chi connectivity index (χ2v) is 3.55. The highest BCUT2D eigenvalue weighted by atomic mass is 16.1. The highest BCUT2D eigenvalue weighted by molar-refractivity contribution is 5.95. The minimum Gasteiger partial charge on any atom is -0.294 e. The smallest absolute Gasteiger partial charge is 0.162 e. The first-order valence-electron chi connectivity index (χ1n) is 4.78. The number of carbonyl (C=O) groups is 1. The number of rotatable bonds is 3. The maximum Gasteiger partial charge on any atom is 0.162 e. The van der Waals surface area contributed by atoms with Gasteiger partial charge in [-0.25, -0.2) is 0 Å². The Hall–Kier alpha value is -1.11.